The summed E-state index contributed by atoms with van der Waals surface area (Å²) in [5, 5.41) is 30.7. The Labute approximate surface area is 175 Å². The standard InChI is InChI=1S/C20H27N9O/c1-19(2)9-14(10-20(3,4)27-19)28(5)16-12-22-18(26-25-16)17-15(30)8-13(11-21-17)29-23-6-7-24-29/h6-8,11-12,14,27,30H,9-10H2,1-5H3. The molecule has 1 aliphatic heterocycles. The highest BCUT2D eigenvalue weighted by Gasteiger charge is 2.39. The minimum Gasteiger partial charge on any atom is -0.505 e. The zero-order valence-corrected chi connectivity index (χ0v) is 17.9. The lowest BCUT2D eigenvalue weighted by Crippen LogP contribution is -2.62. The SMILES string of the molecule is CN(c1cnc(-c2ncc(-n3nccn3)cc2O)nn1)C1CC(C)(C)NC(C)(C)C1. The van der Waals surface area contributed by atoms with Gasteiger partial charge >= 0.3 is 0 Å². The van der Waals surface area contributed by atoms with Gasteiger partial charge in [0.05, 0.1) is 24.8 Å². The maximum absolute atomic E-state index is 10.4. The largest absolute Gasteiger partial charge is 0.505 e. The van der Waals surface area contributed by atoms with Crippen LogP contribution in [0, 0.1) is 0 Å². The summed E-state index contributed by atoms with van der Waals surface area (Å²) >= 11 is 0. The van der Waals surface area contributed by atoms with E-state index in [4.69, 9.17) is 0 Å². The highest BCUT2D eigenvalue weighted by Crippen LogP contribution is 2.32. The van der Waals surface area contributed by atoms with Gasteiger partial charge in [-0.05, 0) is 40.5 Å². The fraction of sp³-hybridized carbons (Fsp3) is 0.500. The smallest absolute Gasteiger partial charge is 0.204 e. The van der Waals surface area contributed by atoms with E-state index in [-0.39, 0.29) is 28.3 Å². The van der Waals surface area contributed by atoms with Gasteiger partial charge in [-0.3, -0.25) is 0 Å². The molecule has 4 heterocycles. The van der Waals surface area contributed by atoms with Crippen LogP contribution in [0.4, 0.5) is 5.82 Å². The lowest BCUT2D eigenvalue weighted by atomic mass is 9.79. The molecule has 30 heavy (non-hydrogen) atoms. The van der Waals surface area contributed by atoms with Crippen molar-refractivity contribution in [1.82, 2.24) is 40.5 Å². The van der Waals surface area contributed by atoms with Crippen molar-refractivity contribution in [1.29, 1.82) is 0 Å². The Bertz CT molecular complexity index is 999. The van der Waals surface area contributed by atoms with Gasteiger partial charge < -0.3 is 15.3 Å². The van der Waals surface area contributed by atoms with Gasteiger partial charge in [-0.15, -0.1) is 15.0 Å². The Balaban J connectivity index is 1.54. The molecule has 3 aromatic rings. The molecule has 3 aromatic heterocycles. The van der Waals surface area contributed by atoms with Gasteiger partial charge in [0.1, 0.15) is 11.4 Å². The number of nitrogens with zero attached hydrogens (tertiary/aromatic N) is 8. The highest BCUT2D eigenvalue weighted by molar-refractivity contribution is 5.60. The van der Waals surface area contributed by atoms with Gasteiger partial charge in [0.2, 0.25) is 5.82 Å². The van der Waals surface area contributed by atoms with Crippen LogP contribution in [0.1, 0.15) is 40.5 Å². The molecule has 0 atom stereocenters. The van der Waals surface area contributed by atoms with E-state index in [0.717, 1.165) is 12.8 Å². The Morgan fingerprint density at radius 2 is 1.70 bits per heavy atom. The molecule has 2 N–H and O–H groups in total. The highest BCUT2D eigenvalue weighted by atomic mass is 16.3. The van der Waals surface area contributed by atoms with Crippen LogP contribution in [0.5, 0.6) is 5.75 Å². The summed E-state index contributed by atoms with van der Waals surface area (Å²) in [4.78, 5) is 12.2. The molecule has 1 fully saturated rings. The van der Waals surface area contributed by atoms with E-state index < -0.39 is 0 Å². The maximum atomic E-state index is 10.4. The lowest BCUT2D eigenvalue weighted by Gasteiger charge is -2.49. The molecule has 0 radical (unpaired) electrons. The first kappa shape index (κ1) is 20.1. The van der Waals surface area contributed by atoms with Crippen molar-refractivity contribution in [3.8, 4) is 23.0 Å². The van der Waals surface area contributed by atoms with Crippen molar-refractivity contribution in [2.24, 2.45) is 0 Å². The third kappa shape index (κ3) is 4.09. The zero-order valence-electron chi connectivity index (χ0n) is 17.9. The van der Waals surface area contributed by atoms with E-state index in [1.54, 1.807) is 24.8 Å². The first-order valence-corrected chi connectivity index (χ1v) is 9.92. The Kier molecular flexibility index (Phi) is 4.89. The molecule has 0 amide bonds. The number of hydrogen-bond donors (Lipinski definition) is 2. The molecule has 0 aromatic carbocycles. The van der Waals surface area contributed by atoms with Crippen LogP contribution in [-0.4, -0.2) is 64.4 Å². The number of nitrogens with one attached hydrogen (secondary N) is 1. The van der Waals surface area contributed by atoms with Crippen LogP contribution >= 0.6 is 0 Å². The Morgan fingerprint density at radius 1 is 1.03 bits per heavy atom. The molecule has 1 aliphatic rings. The van der Waals surface area contributed by atoms with Crippen LogP contribution < -0.4 is 10.2 Å². The quantitative estimate of drug-likeness (QED) is 0.666. The summed E-state index contributed by atoms with van der Waals surface area (Å²) in [6.45, 7) is 8.88. The number of hydrogen-bond acceptors (Lipinski definition) is 9. The van der Waals surface area contributed by atoms with E-state index in [2.05, 4.69) is 68.3 Å². The van der Waals surface area contributed by atoms with E-state index in [9.17, 15) is 5.11 Å². The summed E-state index contributed by atoms with van der Waals surface area (Å²) in [6, 6.07) is 1.83. The predicted octanol–water partition coefficient (Wildman–Crippen LogP) is 1.97. The number of aromatic hydroxyl groups is 1. The van der Waals surface area contributed by atoms with Crippen molar-refractivity contribution in [2.45, 2.75) is 57.7 Å². The average molecular weight is 409 g/mol. The Hall–Kier alpha value is -3.14. The van der Waals surface area contributed by atoms with E-state index in [1.807, 2.05) is 7.05 Å². The van der Waals surface area contributed by atoms with Crippen LogP contribution in [0.15, 0.2) is 30.9 Å². The monoisotopic (exact) mass is 409 g/mol. The van der Waals surface area contributed by atoms with Crippen molar-refractivity contribution in [2.75, 3.05) is 11.9 Å². The molecule has 0 spiro atoms. The lowest BCUT2D eigenvalue weighted by molar-refractivity contribution is 0.160. The second-order valence-electron chi connectivity index (χ2n) is 9.09. The van der Waals surface area contributed by atoms with Gasteiger partial charge in [0, 0.05) is 30.2 Å². The molecule has 10 heteroatoms. The number of aromatic nitrogens is 7. The second-order valence-corrected chi connectivity index (χ2v) is 9.09. The maximum Gasteiger partial charge on any atom is 0.204 e. The first-order valence-electron chi connectivity index (χ1n) is 9.92. The molecule has 4 rings (SSSR count). The molecule has 158 valence electrons. The van der Waals surface area contributed by atoms with Gasteiger partial charge in [-0.1, -0.05) is 0 Å². The molecular weight excluding hydrogens is 382 g/mol. The van der Waals surface area contributed by atoms with Gasteiger partial charge in [0.15, 0.2) is 11.5 Å². The van der Waals surface area contributed by atoms with Crippen LogP contribution in [0.2, 0.25) is 0 Å². The summed E-state index contributed by atoms with van der Waals surface area (Å²) in [5.41, 5.74) is 0.864. The van der Waals surface area contributed by atoms with Gasteiger partial charge in [0.25, 0.3) is 0 Å². The molecule has 0 saturated carbocycles. The topological polar surface area (TPSA) is 118 Å². The Morgan fingerprint density at radius 3 is 2.27 bits per heavy atom. The summed E-state index contributed by atoms with van der Waals surface area (Å²) in [6.07, 6.45) is 8.31. The normalized spacial score (nSPS) is 18.3. The van der Waals surface area contributed by atoms with Crippen LogP contribution in [0.3, 0.4) is 0 Å². The fourth-order valence-electron chi connectivity index (χ4n) is 4.34. The minimum atomic E-state index is -0.0606. The summed E-state index contributed by atoms with van der Waals surface area (Å²) < 4.78 is 0. The van der Waals surface area contributed by atoms with Gasteiger partial charge in [-0.25, -0.2) is 9.97 Å². The molecule has 0 aliphatic carbocycles. The number of pyridine rings is 1. The van der Waals surface area contributed by atoms with Crippen molar-refractivity contribution in [3.63, 3.8) is 0 Å². The number of rotatable bonds is 4. The van der Waals surface area contributed by atoms with Crippen molar-refractivity contribution < 1.29 is 5.11 Å². The van der Waals surface area contributed by atoms with Crippen molar-refractivity contribution in [3.05, 3.63) is 30.9 Å². The van der Waals surface area contributed by atoms with Gasteiger partial charge in [-0.2, -0.15) is 10.2 Å². The molecule has 1 saturated heterocycles. The van der Waals surface area contributed by atoms with Crippen LogP contribution in [-0.2, 0) is 0 Å². The fourth-order valence-corrected chi connectivity index (χ4v) is 4.34. The number of piperidine rings is 1. The van der Waals surface area contributed by atoms with E-state index in [0.29, 0.717) is 17.5 Å². The molecular formula is C20H27N9O. The predicted molar refractivity (Wildman–Crippen MR) is 112 cm³/mol. The number of anilines is 1. The summed E-state index contributed by atoms with van der Waals surface area (Å²) in [7, 11) is 2.02. The zero-order chi connectivity index (χ0) is 21.5. The third-order valence-corrected chi connectivity index (χ3v) is 5.34. The van der Waals surface area contributed by atoms with E-state index >= 15 is 0 Å². The van der Waals surface area contributed by atoms with Crippen molar-refractivity contribution >= 4 is 5.82 Å². The molecule has 10 nitrogen and oxygen atoms in total. The summed E-state index contributed by atoms with van der Waals surface area (Å²) in [5.74, 6) is 0.888. The molecule has 0 bridgehead atoms. The first-order chi connectivity index (χ1) is 14.1. The van der Waals surface area contributed by atoms with E-state index in [1.165, 1.54) is 10.9 Å². The minimum absolute atomic E-state index is 0.0301. The third-order valence-electron chi connectivity index (χ3n) is 5.34. The van der Waals surface area contributed by atoms with Crippen LogP contribution in [0.25, 0.3) is 17.2 Å². The average Bonchev–Trinajstić information content (AvgIpc) is 3.20. The molecule has 0 unspecified atom stereocenters. The second kappa shape index (κ2) is 7.28.